The summed E-state index contributed by atoms with van der Waals surface area (Å²) in [4.78, 5) is 26.4. The van der Waals surface area contributed by atoms with Crippen LogP contribution in [0.1, 0.15) is 17.5 Å². The maximum atomic E-state index is 15.1. The van der Waals surface area contributed by atoms with E-state index in [1.807, 2.05) is 0 Å². The van der Waals surface area contributed by atoms with Crippen molar-refractivity contribution in [1.82, 2.24) is 4.90 Å². The number of carbonyl (C=O) groups excluding carboxylic acids is 2. The fourth-order valence-electron chi connectivity index (χ4n) is 3.63. The topological polar surface area (TPSA) is 77.1 Å². The van der Waals surface area contributed by atoms with Gasteiger partial charge in [-0.25, -0.2) is 26.7 Å². The van der Waals surface area contributed by atoms with Crippen LogP contribution in [-0.2, 0) is 22.5 Å². The van der Waals surface area contributed by atoms with Crippen molar-refractivity contribution in [2.45, 2.75) is 57.6 Å². The fourth-order valence-corrected chi connectivity index (χ4v) is 4.75. The summed E-state index contributed by atoms with van der Waals surface area (Å²) < 4.78 is 83.0. The molecule has 42 heavy (non-hydrogen) atoms. The third-order valence-corrected chi connectivity index (χ3v) is 8.04. The SMILES string of the molecule is CN(Cc1cc(NC(=O)CCc2cc(Br)ccc2OCC(F)F)cc(F)c1OC(CF)CF)C(=O)OCC[Si](C)(C)C. The molecule has 2 aromatic carbocycles. The zero-order valence-electron chi connectivity index (χ0n) is 24.0. The largest absolute Gasteiger partial charge is 0.487 e. The van der Waals surface area contributed by atoms with Gasteiger partial charge >= 0.3 is 6.09 Å². The lowest BCUT2D eigenvalue weighted by molar-refractivity contribution is -0.116. The number of amides is 2. The molecule has 1 N–H and O–H groups in total. The van der Waals surface area contributed by atoms with Gasteiger partial charge in [0.2, 0.25) is 5.91 Å². The van der Waals surface area contributed by atoms with Crippen LogP contribution in [0.25, 0.3) is 0 Å². The van der Waals surface area contributed by atoms with Crippen molar-refractivity contribution in [3.8, 4) is 11.5 Å². The van der Waals surface area contributed by atoms with E-state index in [4.69, 9.17) is 14.2 Å². The van der Waals surface area contributed by atoms with Gasteiger partial charge < -0.3 is 24.4 Å². The molecule has 2 rings (SSSR count). The van der Waals surface area contributed by atoms with E-state index in [2.05, 4.69) is 40.9 Å². The number of nitrogens with zero attached hydrogens (tertiary/aromatic N) is 1. The summed E-state index contributed by atoms with van der Waals surface area (Å²) in [5, 5.41) is 2.55. The highest BCUT2D eigenvalue weighted by molar-refractivity contribution is 9.10. The second-order valence-electron chi connectivity index (χ2n) is 10.8. The van der Waals surface area contributed by atoms with Gasteiger partial charge in [-0.05, 0) is 42.3 Å². The molecule has 0 aliphatic carbocycles. The molecule has 2 amide bonds. The lowest BCUT2D eigenvalue weighted by Crippen LogP contribution is -2.30. The number of anilines is 1. The molecule has 0 aromatic heterocycles. The van der Waals surface area contributed by atoms with E-state index in [9.17, 15) is 27.2 Å². The lowest BCUT2D eigenvalue weighted by atomic mass is 10.1. The first kappa shape index (κ1) is 35.3. The highest BCUT2D eigenvalue weighted by atomic mass is 79.9. The van der Waals surface area contributed by atoms with Crippen molar-refractivity contribution >= 4 is 41.7 Å². The molecule has 0 saturated carbocycles. The van der Waals surface area contributed by atoms with Crippen molar-refractivity contribution in [2.75, 3.05) is 38.9 Å². The number of ether oxygens (including phenoxy) is 3. The van der Waals surface area contributed by atoms with Crippen LogP contribution in [0.2, 0.25) is 25.7 Å². The molecule has 0 radical (unpaired) electrons. The summed E-state index contributed by atoms with van der Waals surface area (Å²) >= 11 is 3.30. The smallest absolute Gasteiger partial charge is 0.409 e. The van der Waals surface area contributed by atoms with Crippen molar-refractivity contribution in [1.29, 1.82) is 0 Å². The van der Waals surface area contributed by atoms with Gasteiger partial charge in [0, 0.05) is 43.3 Å². The van der Waals surface area contributed by atoms with Crippen molar-refractivity contribution in [2.24, 2.45) is 0 Å². The monoisotopic (exact) mass is 682 g/mol. The van der Waals surface area contributed by atoms with Gasteiger partial charge in [-0.3, -0.25) is 4.79 Å². The zero-order chi connectivity index (χ0) is 31.4. The van der Waals surface area contributed by atoms with Gasteiger partial charge in [-0.2, -0.15) is 0 Å². The van der Waals surface area contributed by atoms with Crippen LogP contribution in [0.5, 0.6) is 11.5 Å². The third-order valence-electron chi connectivity index (χ3n) is 5.84. The predicted octanol–water partition coefficient (Wildman–Crippen LogP) is 7.40. The Bertz CT molecular complexity index is 1200. The highest BCUT2D eigenvalue weighted by Crippen LogP contribution is 2.30. The maximum absolute atomic E-state index is 15.1. The van der Waals surface area contributed by atoms with Gasteiger partial charge in [0.15, 0.2) is 17.7 Å². The molecule has 0 aliphatic rings. The first-order chi connectivity index (χ1) is 19.7. The molecule has 0 bridgehead atoms. The van der Waals surface area contributed by atoms with Gasteiger partial charge in [0.1, 0.15) is 25.7 Å². The summed E-state index contributed by atoms with van der Waals surface area (Å²) in [6.07, 6.45) is -4.89. The number of aryl methyl sites for hydroxylation is 1. The van der Waals surface area contributed by atoms with E-state index in [0.717, 1.165) is 17.0 Å². The van der Waals surface area contributed by atoms with E-state index in [1.54, 1.807) is 12.1 Å². The Balaban J connectivity index is 2.20. The summed E-state index contributed by atoms with van der Waals surface area (Å²) in [7, 11) is -0.0451. The normalized spacial score (nSPS) is 11.5. The van der Waals surface area contributed by atoms with Crippen LogP contribution in [0.3, 0.4) is 0 Å². The van der Waals surface area contributed by atoms with Crippen molar-refractivity contribution in [3.05, 3.63) is 51.7 Å². The molecule has 0 spiro atoms. The van der Waals surface area contributed by atoms with E-state index in [1.165, 1.54) is 19.2 Å². The van der Waals surface area contributed by atoms with Crippen LogP contribution in [0.4, 0.5) is 32.4 Å². The number of hydrogen-bond donors (Lipinski definition) is 1. The Labute approximate surface area is 251 Å². The average molecular weight is 684 g/mol. The summed E-state index contributed by atoms with van der Waals surface area (Å²) in [5.74, 6) is -1.77. The molecule has 7 nitrogen and oxygen atoms in total. The Hall–Kier alpha value is -2.87. The number of alkyl halides is 4. The second-order valence-corrected chi connectivity index (χ2v) is 17.3. The molecule has 0 unspecified atom stereocenters. The van der Waals surface area contributed by atoms with Crippen LogP contribution in [-0.4, -0.2) is 71.1 Å². The molecular weight excluding hydrogens is 647 g/mol. The second kappa shape index (κ2) is 16.7. The lowest BCUT2D eigenvalue weighted by Gasteiger charge is -2.23. The van der Waals surface area contributed by atoms with E-state index in [-0.39, 0.29) is 43.0 Å². The molecule has 234 valence electrons. The number of carbonyl (C=O) groups is 2. The third kappa shape index (κ3) is 12.2. The van der Waals surface area contributed by atoms with Gasteiger partial charge in [0.25, 0.3) is 6.43 Å². The molecule has 0 heterocycles. The van der Waals surface area contributed by atoms with Gasteiger partial charge in [-0.15, -0.1) is 0 Å². The minimum Gasteiger partial charge on any atom is -0.487 e. The number of rotatable bonds is 16. The zero-order valence-corrected chi connectivity index (χ0v) is 26.5. The molecular formula is C28H36BrF5N2O5Si. The quantitative estimate of drug-likeness (QED) is 0.148. The van der Waals surface area contributed by atoms with Crippen LogP contribution in [0.15, 0.2) is 34.8 Å². The number of hydrogen-bond acceptors (Lipinski definition) is 5. The van der Waals surface area contributed by atoms with Gasteiger partial charge in [-0.1, -0.05) is 35.6 Å². The van der Waals surface area contributed by atoms with Crippen LogP contribution < -0.4 is 14.8 Å². The summed E-state index contributed by atoms with van der Waals surface area (Å²) in [6, 6.07) is 7.79. The predicted molar refractivity (Wildman–Crippen MR) is 156 cm³/mol. The van der Waals surface area contributed by atoms with Crippen LogP contribution >= 0.6 is 15.9 Å². The standard InChI is InChI=1S/C28H36BrF5N2O5Si/c1-36(28(38)39-9-10-42(2,3)4)16-19-12-21(13-23(32)27(19)41-22(14-30)15-31)35-26(37)8-5-18-11-20(29)6-7-24(18)40-17-25(33)34/h6-7,11-13,22,25H,5,8-10,14-17H2,1-4H3,(H,35,37). The molecule has 0 saturated heterocycles. The molecule has 2 aromatic rings. The molecule has 0 fully saturated rings. The number of benzene rings is 2. The Morgan fingerprint density at radius 2 is 1.76 bits per heavy atom. The first-order valence-corrected chi connectivity index (χ1v) is 17.7. The Morgan fingerprint density at radius 3 is 2.38 bits per heavy atom. The number of nitrogens with one attached hydrogen (secondary N) is 1. The summed E-state index contributed by atoms with van der Waals surface area (Å²) in [5.41, 5.74) is 0.575. The Morgan fingerprint density at radius 1 is 1.07 bits per heavy atom. The molecule has 0 atom stereocenters. The van der Waals surface area contributed by atoms with Crippen LogP contribution in [0, 0.1) is 5.82 Å². The minimum atomic E-state index is -2.67. The fraction of sp³-hybridized carbons (Fsp3) is 0.500. The summed E-state index contributed by atoms with van der Waals surface area (Å²) in [6.45, 7) is 3.14. The van der Waals surface area contributed by atoms with E-state index >= 15 is 4.39 Å². The highest BCUT2D eigenvalue weighted by Gasteiger charge is 2.22. The van der Waals surface area contributed by atoms with E-state index in [0.29, 0.717) is 10.0 Å². The Kier molecular flexibility index (Phi) is 14.0. The molecule has 0 aliphatic heterocycles. The van der Waals surface area contributed by atoms with E-state index < -0.39 is 64.1 Å². The average Bonchev–Trinajstić information content (AvgIpc) is 2.90. The van der Waals surface area contributed by atoms with Gasteiger partial charge in [0.05, 0.1) is 13.2 Å². The number of halogens is 6. The van der Waals surface area contributed by atoms with Crippen molar-refractivity contribution < 1.29 is 45.8 Å². The van der Waals surface area contributed by atoms with Crippen molar-refractivity contribution in [3.63, 3.8) is 0 Å². The first-order valence-electron chi connectivity index (χ1n) is 13.2. The minimum absolute atomic E-state index is 0.0146. The maximum Gasteiger partial charge on any atom is 0.409 e. The molecule has 14 heteroatoms.